The average molecular weight is 317 g/mol. The Morgan fingerprint density at radius 2 is 2.28 bits per heavy atom. The van der Waals surface area contributed by atoms with Crippen molar-refractivity contribution in [3.63, 3.8) is 0 Å². The van der Waals surface area contributed by atoms with Crippen LogP contribution in [0.1, 0.15) is 19.8 Å². The molecule has 1 saturated carbocycles. The lowest BCUT2D eigenvalue weighted by molar-refractivity contribution is -0.127. The van der Waals surface area contributed by atoms with Gasteiger partial charge in [-0.25, -0.2) is 4.39 Å². The summed E-state index contributed by atoms with van der Waals surface area (Å²) in [5.41, 5.74) is 5.99. The van der Waals surface area contributed by atoms with E-state index in [0.717, 1.165) is 12.8 Å². The molecular weight excluding hydrogens is 303 g/mol. The topological polar surface area (TPSA) is 64.3 Å². The first kappa shape index (κ1) is 13.1. The van der Waals surface area contributed by atoms with Crippen molar-refractivity contribution in [3.05, 3.63) is 22.4 Å². The molecule has 4 nitrogen and oxygen atoms in total. The molecule has 18 heavy (non-hydrogen) atoms. The van der Waals surface area contributed by atoms with E-state index in [9.17, 15) is 9.18 Å². The Labute approximate surface area is 113 Å². The highest BCUT2D eigenvalue weighted by Gasteiger charge is 2.26. The summed E-state index contributed by atoms with van der Waals surface area (Å²) in [6.07, 6.45) is 1.31. The van der Waals surface area contributed by atoms with Crippen LogP contribution in [-0.4, -0.2) is 18.1 Å². The molecule has 0 radical (unpaired) electrons. The molecule has 0 bridgehead atoms. The fourth-order valence-electron chi connectivity index (χ4n) is 1.44. The maximum atomic E-state index is 13.3. The molecule has 1 aromatic carbocycles. The maximum Gasteiger partial charge on any atom is 0.260 e. The molecule has 0 aromatic heterocycles. The highest BCUT2D eigenvalue weighted by molar-refractivity contribution is 9.10. The number of rotatable bonds is 4. The number of hydrogen-bond acceptors (Lipinski definition) is 3. The largest absolute Gasteiger partial charge is 0.479 e. The standard InChI is InChI=1S/C12H14BrFN2O2/c1-6(12(17)16-7-2-3-7)18-11-5-9(14)8(13)4-10(11)15/h4-7H,2-3,15H2,1H3,(H,16,17). The summed E-state index contributed by atoms with van der Waals surface area (Å²) >= 11 is 3.03. The normalized spacial score (nSPS) is 16.2. The first-order valence-corrected chi connectivity index (χ1v) is 6.48. The zero-order valence-electron chi connectivity index (χ0n) is 9.87. The van der Waals surface area contributed by atoms with Crippen molar-refractivity contribution in [1.29, 1.82) is 0 Å². The van der Waals surface area contributed by atoms with E-state index in [2.05, 4.69) is 21.2 Å². The Bertz CT molecular complexity index is 477. The van der Waals surface area contributed by atoms with Crippen molar-refractivity contribution in [3.8, 4) is 5.75 Å². The van der Waals surface area contributed by atoms with Gasteiger partial charge in [-0.1, -0.05) is 0 Å². The summed E-state index contributed by atoms with van der Waals surface area (Å²) in [7, 11) is 0. The summed E-state index contributed by atoms with van der Waals surface area (Å²) in [5, 5.41) is 2.81. The van der Waals surface area contributed by atoms with Crippen LogP contribution in [0.2, 0.25) is 0 Å². The van der Waals surface area contributed by atoms with Crippen molar-refractivity contribution in [2.24, 2.45) is 0 Å². The van der Waals surface area contributed by atoms with Gasteiger partial charge in [0.05, 0.1) is 10.2 Å². The van der Waals surface area contributed by atoms with Crippen LogP contribution in [0, 0.1) is 5.82 Å². The quantitative estimate of drug-likeness (QED) is 0.837. The fourth-order valence-corrected chi connectivity index (χ4v) is 1.80. The summed E-state index contributed by atoms with van der Waals surface area (Å²) in [6, 6.07) is 2.85. The van der Waals surface area contributed by atoms with Crippen molar-refractivity contribution >= 4 is 27.5 Å². The highest BCUT2D eigenvalue weighted by atomic mass is 79.9. The molecule has 1 aromatic rings. The zero-order valence-corrected chi connectivity index (χ0v) is 11.5. The molecule has 0 spiro atoms. The molecule has 3 N–H and O–H groups in total. The van der Waals surface area contributed by atoms with Gasteiger partial charge in [-0.15, -0.1) is 0 Å². The number of nitrogens with one attached hydrogen (secondary N) is 1. The highest BCUT2D eigenvalue weighted by Crippen LogP contribution is 2.29. The van der Waals surface area contributed by atoms with Crippen LogP contribution in [0.4, 0.5) is 10.1 Å². The molecule has 6 heteroatoms. The Hall–Kier alpha value is -1.30. The number of hydrogen-bond donors (Lipinski definition) is 2. The SMILES string of the molecule is CC(Oc1cc(F)c(Br)cc1N)C(=O)NC1CC1. The monoisotopic (exact) mass is 316 g/mol. The first-order chi connectivity index (χ1) is 8.47. The van der Waals surface area contributed by atoms with Crippen molar-refractivity contribution in [2.75, 3.05) is 5.73 Å². The minimum Gasteiger partial charge on any atom is -0.479 e. The Balaban J connectivity index is 2.03. The fraction of sp³-hybridized carbons (Fsp3) is 0.417. The van der Waals surface area contributed by atoms with Gasteiger partial charge >= 0.3 is 0 Å². The third kappa shape index (κ3) is 3.13. The third-order valence-electron chi connectivity index (χ3n) is 2.65. The molecule has 1 aliphatic carbocycles. The number of carbonyl (C=O) groups is 1. The van der Waals surface area contributed by atoms with E-state index < -0.39 is 11.9 Å². The molecular formula is C12H14BrFN2O2. The minimum absolute atomic E-state index is 0.175. The first-order valence-electron chi connectivity index (χ1n) is 5.69. The number of halogens is 2. The van der Waals surface area contributed by atoms with E-state index in [1.54, 1.807) is 6.92 Å². The number of ether oxygens (including phenoxy) is 1. The number of amides is 1. The number of carbonyl (C=O) groups excluding carboxylic acids is 1. The van der Waals surface area contributed by atoms with Gasteiger partial charge in [0, 0.05) is 12.1 Å². The second kappa shape index (κ2) is 5.14. The predicted octanol–water partition coefficient (Wildman–Crippen LogP) is 2.22. The molecule has 0 heterocycles. The van der Waals surface area contributed by atoms with E-state index >= 15 is 0 Å². The van der Waals surface area contributed by atoms with Gasteiger partial charge in [0.1, 0.15) is 11.6 Å². The third-order valence-corrected chi connectivity index (χ3v) is 3.26. The van der Waals surface area contributed by atoms with E-state index in [4.69, 9.17) is 10.5 Å². The van der Waals surface area contributed by atoms with Crippen LogP contribution in [0.15, 0.2) is 16.6 Å². The molecule has 1 aliphatic rings. The molecule has 1 atom stereocenters. The molecule has 0 saturated heterocycles. The smallest absolute Gasteiger partial charge is 0.260 e. The number of benzene rings is 1. The Kier molecular flexibility index (Phi) is 3.75. The lowest BCUT2D eigenvalue weighted by Gasteiger charge is -2.16. The van der Waals surface area contributed by atoms with Gasteiger partial charge in [0.2, 0.25) is 0 Å². The molecule has 2 rings (SSSR count). The van der Waals surface area contributed by atoms with E-state index in [-0.39, 0.29) is 27.9 Å². The van der Waals surface area contributed by atoms with Gasteiger partial charge in [-0.05, 0) is 41.8 Å². The summed E-state index contributed by atoms with van der Waals surface area (Å²) in [4.78, 5) is 11.7. The van der Waals surface area contributed by atoms with Crippen molar-refractivity contribution in [1.82, 2.24) is 5.32 Å². The van der Waals surface area contributed by atoms with Gasteiger partial charge in [-0.3, -0.25) is 4.79 Å². The molecule has 1 amide bonds. The van der Waals surface area contributed by atoms with Crippen LogP contribution >= 0.6 is 15.9 Å². The summed E-state index contributed by atoms with van der Waals surface area (Å²) in [5.74, 6) is -0.511. The number of anilines is 1. The summed E-state index contributed by atoms with van der Waals surface area (Å²) < 4.78 is 19.0. The second-order valence-corrected chi connectivity index (χ2v) is 5.20. The predicted molar refractivity (Wildman–Crippen MR) is 69.8 cm³/mol. The van der Waals surface area contributed by atoms with Crippen molar-refractivity contribution < 1.29 is 13.9 Å². The lowest BCUT2D eigenvalue weighted by Crippen LogP contribution is -2.37. The maximum absolute atomic E-state index is 13.3. The number of nitrogens with two attached hydrogens (primary N) is 1. The van der Waals surface area contributed by atoms with Crippen LogP contribution in [0.3, 0.4) is 0 Å². The Morgan fingerprint density at radius 3 is 2.89 bits per heavy atom. The zero-order chi connectivity index (χ0) is 13.3. The van der Waals surface area contributed by atoms with Crippen LogP contribution < -0.4 is 15.8 Å². The van der Waals surface area contributed by atoms with Gasteiger partial charge in [-0.2, -0.15) is 0 Å². The molecule has 98 valence electrons. The van der Waals surface area contributed by atoms with Crippen molar-refractivity contribution in [2.45, 2.75) is 31.9 Å². The molecule has 1 fully saturated rings. The van der Waals surface area contributed by atoms with Crippen LogP contribution in [-0.2, 0) is 4.79 Å². The van der Waals surface area contributed by atoms with E-state index in [0.29, 0.717) is 0 Å². The lowest BCUT2D eigenvalue weighted by atomic mass is 10.3. The van der Waals surface area contributed by atoms with Crippen LogP contribution in [0.25, 0.3) is 0 Å². The average Bonchev–Trinajstić information content (AvgIpc) is 3.09. The summed E-state index contributed by atoms with van der Waals surface area (Å²) in [6.45, 7) is 1.61. The van der Waals surface area contributed by atoms with Gasteiger partial charge < -0.3 is 15.8 Å². The van der Waals surface area contributed by atoms with Gasteiger partial charge in [0.25, 0.3) is 5.91 Å². The molecule has 0 aliphatic heterocycles. The van der Waals surface area contributed by atoms with Crippen LogP contribution in [0.5, 0.6) is 5.75 Å². The number of nitrogen functional groups attached to an aromatic ring is 1. The van der Waals surface area contributed by atoms with Gasteiger partial charge in [0.15, 0.2) is 6.10 Å². The minimum atomic E-state index is -0.700. The van der Waals surface area contributed by atoms with E-state index in [1.165, 1.54) is 12.1 Å². The Morgan fingerprint density at radius 1 is 1.61 bits per heavy atom. The van der Waals surface area contributed by atoms with E-state index in [1.807, 2.05) is 0 Å². The second-order valence-electron chi connectivity index (χ2n) is 4.35. The molecule has 1 unspecified atom stereocenters.